The van der Waals surface area contributed by atoms with Gasteiger partial charge in [-0.15, -0.1) is 0 Å². The van der Waals surface area contributed by atoms with Gasteiger partial charge in [-0.05, 0) is 18.6 Å². The van der Waals surface area contributed by atoms with Crippen LogP contribution in [0.2, 0.25) is 0 Å². The normalized spacial score (nSPS) is 18.4. The Morgan fingerprint density at radius 2 is 2.12 bits per heavy atom. The minimum absolute atomic E-state index is 0.175. The van der Waals surface area contributed by atoms with Crippen LogP contribution in [0.15, 0.2) is 31.1 Å². The zero-order chi connectivity index (χ0) is 17.9. The van der Waals surface area contributed by atoms with Crippen LogP contribution in [0.3, 0.4) is 0 Å². The van der Waals surface area contributed by atoms with Crippen molar-refractivity contribution in [1.82, 2.24) is 14.8 Å². The third kappa shape index (κ3) is 3.58. The predicted octanol–water partition coefficient (Wildman–Crippen LogP) is 2.35. The van der Waals surface area contributed by atoms with Crippen LogP contribution in [0, 0.1) is 0 Å². The molecule has 0 aromatic carbocycles. The summed E-state index contributed by atoms with van der Waals surface area (Å²) in [6.07, 6.45) is -1.04. The predicted molar refractivity (Wildman–Crippen MR) is 81.1 cm³/mol. The highest BCUT2D eigenvalue weighted by molar-refractivity contribution is 5.96. The van der Waals surface area contributed by atoms with Gasteiger partial charge in [0, 0.05) is 38.1 Å². The van der Waals surface area contributed by atoms with Crippen LogP contribution in [0.25, 0.3) is 0 Å². The largest absolute Gasteiger partial charge is 0.418 e. The second-order valence-corrected chi connectivity index (χ2v) is 5.47. The van der Waals surface area contributed by atoms with E-state index < -0.39 is 23.2 Å². The number of piperazine rings is 1. The molecule has 0 bridgehead atoms. The lowest BCUT2D eigenvalue weighted by molar-refractivity contribution is -0.138. The van der Waals surface area contributed by atoms with E-state index in [0.717, 1.165) is 12.3 Å². The van der Waals surface area contributed by atoms with Gasteiger partial charge in [0.1, 0.15) is 0 Å². The summed E-state index contributed by atoms with van der Waals surface area (Å²) in [5.74, 6) is -0.942. The molecule has 1 aromatic rings. The monoisotopic (exact) mass is 341 g/mol. The fourth-order valence-corrected chi connectivity index (χ4v) is 2.77. The van der Waals surface area contributed by atoms with E-state index in [2.05, 4.69) is 11.6 Å². The van der Waals surface area contributed by atoms with Crippen molar-refractivity contribution >= 4 is 11.8 Å². The van der Waals surface area contributed by atoms with Gasteiger partial charge < -0.3 is 9.80 Å². The third-order valence-electron chi connectivity index (χ3n) is 4.06. The van der Waals surface area contributed by atoms with Crippen molar-refractivity contribution in [1.29, 1.82) is 0 Å². The molecular weight excluding hydrogens is 323 g/mol. The Morgan fingerprint density at radius 3 is 2.71 bits per heavy atom. The molecule has 1 fully saturated rings. The van der Waals surface area contributed by atoms with Crippen molar-refractivity contribution < 1.29 is 22.8 Å². The van der Waals surface area contributed by atoms with Crippen LogP contribution in [-0.2, 0) is 11.0 Å². The molecule has 0 N–H and O–H groups in total. The number of alkyl halides is 3. The maximum absolute atomic E-state index is 13.1. The number of aromatic nitrogens is 1. The van der Waals surface area contributed by atoms with Crippen LogP contribution in [0.4, 0.5) is 13.2 Å². The van der Waals surface area contributed by atoms with E-state index in [1.807, 2.05) is 6.92 Å². The van der Waals surface area contributed by atoms with Crippen molar-refractivity contribution in [2.45, 2.75) is 25.6 Å². The lowest BCUT2D eigenvalue weighted by atomic mass is 10.1. The summed E-state index contributed by atoms with van der Waals surface area (Å²) in [6.45, 7) is 5.93. The van der Waals surface area contributed by atoms with E-state index >= 15 is 0 Å². The molecule has 24 heavy (non-hydrogen) atoms. The Bertz CT molecular complexity index is 646. The molecule has 1 atom stereocenters. The summed E-state index contributed by atoms with van der Waals surface area (Å²) >= 11 is 0. The number of carbonyl (C=O) groups excluding carboxylic acids is 2. The Labute approximate surface area is 137 Å². The molecule has 2 heterocycles. The fourth-order valence-electron chi connectivity index (χ4n) is 2.77. The number of nitrogens with zero attached hydrogens (tertiary/aromatic N) is 3. The summed E-state index contributed by atoms with van der Waals surface area (Å²) in [6, 6.07) is 0.831. The molecule has 0 aliphatic carbocycles. The van der Waals surface area contributed by atoms with Gasteiger partial charge in [-0.25, -0.2) is 0 Å². The summed E-state index contributed by atoms with van der Waals surface area (Å²) in [4.78, 5) is 30.8. The first-order valence-corrected chi connectivity index (χ1v) is 7.53. The van der Waals surface area contributed by atoms with Crippen LogP contribution >= 0.6 is 0 Å². The molecule has 1 aliphatic rings. The lowest BCUT2D eigenvalue weighted by Crippen LogP contribution is -2.56. The van der Waals surface area contributed by atoms with Gasteiger partial charge in [-0.2, -0.15) is 13.2 Å². The molecule has 1 saturated heterocycles. The summed E-state index contributed by atoms with van der Waals surface area (Å²) in [5.41, 5.74) is -1.47. The number of carbonyl (C=O) groups is 2. The summed E-state index contributed by atoms with van der Waals surface area (Å²) in [5, 5.41) is 0. The van der Waals surface area contributed by atoms with Gasteiger partial charge in [0.15, 0.2) is 0 Å². The molecule has 1 aliphatic heterocycles. The Morgan fingerprint density at radius 1 is 1.42 bits per heavy atom. The summed E-state index contributed by atoms with van der Waals surface area (Å²) < 4.78 is 39.2. The number of hydrogen-bond acceptors (Lipinski definition) is 3. The number of pyridine rings is 1. The van der Waals surface area contributed by atoms with Gasteiger partial charge >= 0.3 is 6.18 Å². The first kappa shape index (κ1) is 18.0. The van der Waals surface area contributed by atoms with Gasteiger partial charge in [-0.1, -0.05) is 13.5 Å². The van der Waals surface area contributed by atoms with Gasteiger partial charge in [0.25, 0.3) is 5.91 Å². The second-order valence-electron chi connectivity index (χ2n) is 5.47. The molecule has 5 nitrogen and oxygen atoms in total. The van der Waals surface area contributed by atoms with Gasteiger partial charge in [0.05, 0.1) is 11.1 Å². The SMILES string of the molecule is C=CC(=O)N1CCN(C(=O)c2ccncc2C(F)(F)F)C[C@H]1CC. The molecule has 2 amide bonds. The van der Waals surface area contributed by atoms with Crippen molar-refractivity contribution in [3.05, 3.63) is 42.2 Å². The molecule has 0 unspecified atom stereocenters. The van der Waals surface area contributed by atoms with Crippen molar-refractivity contribution in [3.8, 4) is 0 Å². The Hall–Kier alpha value is -2.38. The quantitative estimate of drug-likeness (QED) is 0.793. The number of hydrogen-bond donors (Lipinski definition) is 0. The highest BCUT2D eigenvalue weighted by Crippen LogP contribution is 2.32. The highest BCUT2D eigenvalue weighted by atomic mass is 19.4. The Balaban J connectivity index is 2.24. The van der Waals surface area contributed by atoms with Crippen molar-refractivity contribution in [3.63, 3.8) is 0 Å². The number of halogens is 3. The smallest absolute Gasteiger partial charge is 0.335 e. The van der Waals surface area contributed by atoms with Gasteiger partial charge in [0.2, 0.25) is 5.91 Å². The van der Waals surface area contributed by atoms with Crippen LogP contribution in [0.1, 0.15) is 29.3 Å². The van der Waals surface area contributed by atoms with Crippen molar-refractivity contribution in [2.75, 3.05) is 19.6 Å². The van der Waals surface area contributed by atoms with E-state index in [-0.39, 0.29) is 31.6 Å². The molecule has 2 rings (SSSR count). The van der Waals surface area contributed by atoms with E-state index in [1.54, 1.807) is 4.90 Å². The van der Waals surface area contributed by atoms with E-state index in [1.165, 1.54) is 11.0 Å². The maximum Gasteiger partial charge on any atom is 0.418 e. The minimum atomic E-state index is -4.65. The molecule has 0 saturated carbocycles. The summed E-state index contributed by atoms with van der Waals surface area (Å²) in [7, 11) is 0. The number of rotatable bonds is 3. The average Bonchev–Trinajstić information content (AvgIpc) is 2.59. The molecule has 0 radical (unpaired) electrons. The Kier molecular flexibility index (Phi) is 5.26. The zero-order valence-electron chi connectivity index (χ0n) is 13.2. The first-order chi connectivity index (χ1) is 11.3. The lowest BCUT2D eigenvalue weighted by Gasteiger charge is -2.41. The average molecular weight is 341 g/mol. The topological polar surface area (TPSA) is 53.5 Å². The second kappa shape index (κ2) is 7.02. The van der Waals surface area contributed by atoms with E-state index in [4.69, 9.17) is 0 Å². The molecule has 8 heteroatoms. The first-order valence-electron chi connectivity index (χ1n) is 7.53. The number of amides is 2. The highest BCUT2D eigenvalue weighted by Gasteiger charge is 2.38. The third-order valence-corrected chi connectivity index (χ3v) is 4.06. The van der Waals surface area contributed by atoms with Crippen LogP contribution in [0.5, 0.6) is 0 Å². The molecule has 0 spiro atoms. The van der Waals surface area contributed by atoms with Crippen molar-refractivity contribution in [2.24, 2.45) is 0 Å². The molecule has 130 valence electrons. The van der Waals surface area contributed by atoms with E-state index in [0.29, 0.717) is 12.6 Å². The van der Waals surface area contributed by atoms with Crippen LogP contribution in [-0.4, -0.2) is 52.3 Å². The fraction of sp³-hybridized carbons (Fsp3) is 0.438. The van der Waals surface area contributed by atoms with Crippen LogP contribution < -0.4 is 0 Å². The zero-order valence-corrected chi connectivity index (χ0v) is 13.2. The van der Waals surface area contributed by atoms with Gasteiger partial charge in [-0.3, -0.25) is 14.6 Å². The maximum atomic E-state index is 13.1. The molecular formula is C16H18F3N3O2. The molecule has 1 aromatic heterocycles. The van der Waals surface area contributed by atoms with E-state index in [9.17, 15) is 22.8 Å². The minimum Gasteiger partial charge on any atom is -0.335 e. The standard InChI is InChI=1S/C16H18F3N3O2/c1-3-11-10-21(7-8-22(11)14(23)4-2)15(24)12-5-6-20-9-13(12)16(17,18)19/h4-6,9,11H,2-3,7-8,10H2,1H3/t11-/m1/s1.